The summed E-state index contributed by atoms with van der Waals surface area (Å²) >= 11 is 0. The predicted molar refractivity (Wildman–Crippen MR) is 107 cm³/mol. The highest BCUT2D eigenvalue weighted by Crippen LogP contribution is 2.35. The Morgan fingerprint density at radius 1 is 0.900 bits per heavy atom. The number of sulfonamides is 1. The molecule has 1 heterocycles. The van der Waals surface area contributed by atoms with E-state index in [-0.39, 0.29) is 5.56 Å². The molecule has 2 N–H and O–H groups in total. The molecule has 2 aromatic carbocycles. The van der Waals surface area contributed by atoms with Crippen LogP contribution in [-0.4, -0.2) is 13.4 Å². The molecule has 0 aliphatic rings. The summed E-state index contributed by atoms with van der Waals surface area (Å²) in [5.41, 5.74) is -0.736. The molecule has 0 amide bonds. The molecule has 0 fully saturated rings. The zero-order valence-electron chi connectivity index (χ0n) is 16.1. The van der Waals surface area contributed by atoms with Crippen LogP contribution in [0.5, 0.6) is 0 Å². The van der Waals surface area contributed by atoms with Crippen molar-refractivity contribution < 1.29 is 21.6 Å². The van der Waals surface area contributed by atoms with Crippen LogP contribution in [0.2, 0.25) is 0 Å². The first-order chi connectivity index (χ1) is 13.9. The van der Waals surface area contributed by atoms with Crippen molar-refractivity contribution in [1.29, 1.82) is 0 Å². The Kier molecular flexibility index (Phi) is 5.62. The highest BCUT2D eigenvalue weighted by Gasteiger charge is 2.38. The molecule has 0 atom stereocenters. The Hall–Kier alpha value is -2.91. The van der Waals surface area contributed by atoms with E-state index < -0.39 is 32.2 Å². The monoisotopic (exact) mass is 436 g/mol. The first-order valence-corrected chi connectivity index (χ1v) is 10.4. The largest absolute Gasteiger partial charge is 0.417 e. The topological polar surface area (TPSA) is 79.0 Å². The average molecular weight is 436 g/mol. The molecule has 0 aliphatic carbocycles. The number of alkyl halides is 3. The summed E-state index contributed by atoms with van der Waals surface area (Å²) < 4.78 is 67.9. The average Bonchev–Trinajstić information content (AvgIpc) is 2.67. The fraction of sp³-hybridized carbons (Fsp3) is 0.190. The van der Waals surface area contributed by atoms with Gasteiger partial charge in [-0.3, -0.25) is 4.79 Å². The van der Waals surface area contributed by atoms with Gasteiger partial charge < -0.3 is 4.98 Å². The van der Waals surface area contributed by atoms with Gasteiger partial charge in [-0.1, -0.05) is 30.3 Å². The number of nitrogens with one attached hydrogen (secondary N) is 2. The molecule has 0 saturated carbocycles. The molecule has 30 heavy (non-hydrogen) atoms. The lowest BCUT2D eigenvalue weighted by atomic mass is 9.93. The number of hydrogen-bond acceptors (Lipinski definition) is 3. The second-order valence-corrected chi connectivity index (χ2v) is 8.90. The normalized spacial score (nSPS) is 12.7. The third-order valence-corrected chi connectivity index (χ3v) is 6.29. The highest BCUT2D eigenvalue weighted by atomic mass is 32.2. The minimum absolute atomic E-state index is 0.258. The van der Waals surface area contributed by atoms with Gasteiger partial charge in [-0.2, -0.15) is 13.2 Å². The smallest absolute Gasteiger partial charge is 0.328 e. The number of benzene rings is 2. The van der Waals surface area contributed by atoms with E-state index in [1.165, 1.54) is 18.3 Å². The Morgan fingerprint density at radius 3 is 2.23 bits per heavy atom. The van der Waals surface area contributed by atoms with Crippen molar-refractivity contribution in [3.63, 3.8) is 0 Å². The van der Waals surface area contributed by atoms with Crippen LogP contribution in [0.1, 0.15) is 25.0 Å². The highest BCUT2D eigenvalue weighted by molar-refractivity contribution is 7.89. The minimum Gasteiger partial charge on any atom is -0.328 e. The summed E-state index contributed by atoms with van der Waals surface area (Å²) in [6, 6.07) is 13.9. The van der Waals surface area contributed by atoms with Gasteiger partial charge in [-0.25, -0.2) is 13.1 Å². The quantitative estimate of drug-likeness (QED) is 0.627. The SMILES string of the molecule is CC(C)(NS(=O)(=O)c1ccccc1C(F)(F)F)c1cccc(-c2ccc(=O)[nH]c2)c1. The van der Waals surface area contributed by atoms with Gasteiger partial charge in [0.2, 0.25) is 15.6 Å². The van der Waals surface area contributed by atoms with E-state index >= 15 is 0 Å². The lowest BCUT2D eigenvalue weighted by molar-refractivity contribution is -0.139. The summed E-state index contributed by atoms with van der Waals surface area (Å²) in [6.45, 7) is 3.12. The maximum atomic E-state index is 13.3. The molecule has 0 unspecified atom stereocenters. The molecule has 0 radical (unpaired) electrons. The summed E-state index contributed by atoms with van der Waals surface area (Å²) in [4.78, 5) is 13.0. The third kappa shape index (κ3) is 4.63. The van der Waals surface area contributed by atoms with Crippen molar-refractivity contribution in [3.05, 3.63) is 88.3 Å². The standard InChI is InChI=1S/C21H19F3N2O3S/c1-20(2,16-7-5-6-14(12-16)15-10-11-19(27)25-13-15)26-30(28,29)18-9-4-3-8-17(18)21(22,23)24/h3-13,26H,1-2H3,(H,25,27). The molecule has 3 aromatic rings. The van der Waals surface area contributed by atoms with E-state index in [0.29, 0.717) is 16.7 Å². The molecule has 0 bridgehead atoms. The maximum absolute atomic E-state index is 13.3. The summed E-state index contributed by atoms with van der Waals surface area (Å²) in [7, 11) is -4.48. The number of aromatic amines is 1. The van der Waals surface area contributed by atoms with Crippen LogP contribution in [0.4, 0.5) is 13.2 Å². The van der Waals surface area contributed by atoms with Gasteiger partial charge in [0.05, 0.1) is 16.0 Å². The number of hydrogen-bond donors (Lipinski definition) is 2. The predicted octanol–water partition coefficient (Wildman–Crippen LogP) is 4.27. The molecule has 0 saturated heterocycles. The van der Waals surface area contributed by atoms with Gasteiger partial charge in [0.25, 0.3) is 0 Å². The van der Waals surface area contributed by atoms with Crippen molar-refractivity contribution in [1.82, 2.24) is 9.71 Å². The van der Waals surface area contributed by atoms with Gasteiger partial charge in [-0.15, -0.1) is 0 Å². The Morgan fingerprint density at radius 2 is 1.60 bits per heavy atom. The molecular weight excluding hydrogens is 417 g/mol. The van der Waals surface area contributed by atoms with Crippen molar-refractivity contribution >= 4 is 10.0 Å². The van der Waals surface area contributed by atoms with Crippen LogP contribution < -0.4 is 10.3 Å². The van der Waals surface area contributed by atoms with Crippen LogP contribution in [0.3, 0.4) is 0 Å². The van der Waals surface area contributed by atoms with E-state index in [2.05, 4.69) is 9.71 Å². The van der Waals surface area contributed by atoms with Gasteiger partial charge in [-0.05, 0) is 54.8 Å². The molecule has 9 heteroatoms. The lowest BCUT2D eigenvalue weighted by Gasteiger charge is -2.28. The first-order valence-electron chi connectivity index (χ1n) is 8.90. The zero-order chi connectivity index (χ0) is 22.2. The molecule has 0 spiro atoms. The van der Waals surface area contributed by atoms with Gasteiger partial charge in [0.15, 0.2) is 0 Å². The van der Waals surface area contributed by atoms with Gasteiger partial charge in [0, 0.05) is 12.3 Å². The van der Waals surface area contributed by atoms with Crippen LogP contribution in [0.15, 0.2) is 76.6 Å². The van der Waals surface area contributed by atoms with E-state index in [1.807, 2.05) is 0 Å². The fourth-order valence-corrected chi connectivity index (χ4v) is 4.69. The van der Waals surface area contributed by atoms with Crippen LogP contribution in [0, 0.1) is 0 Å². The lowest BCUT2D eigenvalue weighted by Crippen LogP contribution is -2.41. The Labute approximate surface area is 171 Å². The third-order valence-electron chi connectivity index (χ3n) is 4.57. The number of pyridine rings is 1. The number of aromatic nitrogens is 1. The van der Waals surface area contributed by atoms with Gasteiger partial charge >= 0.3 is 6.18 Å². The zero-order valence-corrected chi connectivity index (χ0v) is 16.9. The van der Waals surface area contributed by atoms with Gasteiger partial charge in [0.1, 0.15) is 0 Å². The first kappa shape index (κ1) is 21.8. The second kappa shape index (κ2) is 7.73. The number of H-pyrrole nitrogens is 1. The maximum Gasteiger partial charge on any atom is 0.417 e. The molecule has 3 rings (SSSR count). The summed E-state index contributed by atoms with van der Waals surface area (Å²) in [5.74, 6) is 0. The van der Waals surface area contributed by atoms with Crippen molar-refractivity contribution in [2.24, 2.45) is 0 Å². The fourth-order valence-electron chi connectivity index (χ4n) is 3.06. The van der Waals surface area contributed by atoms with E-state index in [1.54, 1.807) is 44.2 Å². The number of halogens is 3. The van der Waals surface area contributed by atoms with E-state index in [0.717, 1.165) is 18.2 Å². The van der Waals surface area contributed by atoms with Crippen LogP contribution >= 0.6 is 0 Å². The van der Waals surface area contributed by atoms with E-state index in [9.17, 15) is 26.4 Å². The minimum atomic E-state index is -4.81. The molecular formula is C21H19F3N2O3S. The summed E-state index contributed by atoms with van der Waals surface area (Å²) in [5, 5.41) is 0. The van der Waals surface area contributed by atoms with Crippen molar-refractivity contribution in [2.75, 3.05) is 0 Å². The number of rotatable bonds is 5. The van der Waals surface area contributed by atoms with Crippen molar-refractivity contribution in [3.8, 4) is 11.1 Å². The summed E-state index contributed by atoms with van der Waals surface area (Å²) in [6.07, 6.45) is -3.28. The molecule has 0 aliphatic heterocycles. The second-order valence-electron chi connectivity index (χ2n) is 7.25. The Balaban J connectivity index is 1.98. The Bertz CT molecular complexity index is 1210. The molecule has 158 valence electrons. The molecule has 5 nitrogen and oxygen atoms in total. The van der Waals surface area contributed by atoms with Crippen LogP contribution in [-0.2, 0) is 21.7 Å². The van der Waals surface area contributed by atoms with E-state index in [4.69, 9.17) is 0 Å². The van der Waals surface area contributed by atoms with Crippen LogP contribution in [0.25, 0.3) is 11.1 Å². The molecule has 1 aromatic heterocycles. The van der Waals surface area contributed by atoms with Crippen molar-refractivity contribution in [2.45, 2.75) is 30.5 Å².